The van der Waals surface area contributed by atoms with Crippen molar-refractivity contribution in [1.82, 2.24) is 5.32 Å². The first kappa shape index (κ1) is 33.3. The maximum absolute atomic E-state index is 15.4. The summed E-state index contributed by atoms with van der Waals surface area (Å²) in [5.41, 5.74) is -8.28. The Morgan fingerprint density at radius 2 is 1.56 bits per heavy atom. The van der Waals surface area contributed by atoms with Crippen molar-refractivity contribution < 1.29 is 52.9 Å². The molecule has 0 spiro atoms. The van der Waals surface area contributed by atoms with Gasteiger partial charge in [0.05, 0.1) is 11.1 Å². The molecule has 0 aliphatic carbocycles. The molecule has 2 rings (SSSR count). The first-order valence-corrected chi connectivity index (χ1v) is 13.6. The summed E-state index contributed by atoms with van der Waals surface area (Å²) in [6.07, 6.45) is -13.8. The molecule has 2 aromatic rings. The summed E-state index contributed by atoms with van der Waals surface area (Å²) in [6, 6.07) is 3.37. The molecule has 16 heteroatoms. The molecule has 2 unspecified atom stereocenters. The summed E-state index contributed by atoms with van der Waals surface area (Å²) in [4.78, 5) is 12.4. The highest BCUT2D eigenvalue weighted by Gasteiger charge is 2.47. The lowest BCUT2D eigenvalue weighted by molar-refractivity contribution is -0.138. The third-order valence-corrected chi connectivity index (χ3v) is 7.39. The number of benzene rings is 2. The van der Waals surface area contributed by atoms with Crippen molar-refractivity contribution >= 4 is 54.6 Å². The largest absolute Gasteiger partial charge is 0.417 e. The van der Waals surface area contributed by atoms with Gasteiger partial charge >= 0.3 is 12.4 Å². The number of amides is 1. The monoisotopic (exact) mass is 719 g/mol. The van der Waals surface area contributed by atoms with Gasteiger partial charge in [0.25, 0.3) is 12.3 Å². The topological polar surface area (TPSA) is 46.2 Å². The van der Waals surface area contributed by atoms with E-state index in [9.17, 15) is 48.5 Å². The zero-order valence-electron chi connectivity index (χ0n) is 19.4. The third kappa shape index (κ3) is 9.03. The van der Waals surface area contributed by atoms with Gasteiger partial charge in [-0.05, 0) is 48.9 Å². The Hall–Kier alpha value is -1.94. The van der Waals surface area contributed by atoms with Gasteiger partial charge in [0.2, 0.25) is 5.67 Å². The number of alkyl halides is 9. The number of hydrogen-bond acceptors (Lipinski definition) is 2. The highest BCUT2D eigenvalue weighted by atomic mass is 79.9. The van der Waals surface area contributed by atoms with Crippen LogP contribution < -0.4 is 5.32 Å². The van der Waals surface area contributed by atoms with Gasteiger partial charge in [0.15, 0.2) is 0 Å². The summed E-state index contributed by atoms with van der Waals surface area (Å²) in [7, 11) is -2.47. The Morgan fingerprint density at radius 3 is 2.05 bits per heavy atom. The van der Waals surface area contributed by atoms with E-state index in [0.717, 1.165) is 25.1 Å². The number of halogens is 12. The van der Waals surface area contributed by atoms with Crippen molar-refractivity contribution in [3.63, 3.8) is 0 Å². The first-order valence-electron chi connectivity index (χ1n) is 10.5. The van der Waals surface area contributed by atoms with E-state index in [0.29, 0.717) is 6.07 Å². The van der Waals surface area contributed by atoms with Crippen LogP contribution in [0.15, 0.2) is 51.2 Å². The van der Waals surface area contributed by atoms with E-state index in [-0.39, 0.29) is 21.1 Å². The van der Waals surface area contributed by atoms with Crippen LogP contribution in [-0.4, -0.2) is 40.3 Å². The predicted octanol–water partition coefficient (Wildman–Crippen LogP) is 8.10. The predicted molar refractivity (Wildman–Crippen MR) is 132 cm³/mol. The second kappa shape index (κ2) is 12.7. The van der Waals surface area contributed by atoms with E-state index in [4.69, 9.17) is 0 Å². The lowest BCUT2D eigenvalue weighted by Crippen LogP contribution is -2.38. The van der Waals surface area contributed by atoms with Crippen molar-refractivity contribution in [2.24, 2.45) is 0 Å². The van der Waals surface area contributed by atoms with Crippen molar-refractivity contribution in [3.8, 4) is 0 Å². The minimum atomic E-state index is -5.24. The van der Waals surface area contributed by atoms with Crippen LogP contribution in [0.3, 0.4) is 0 Å². The summed E-state index contributed by atoms with van der Waals surface area (Å²) in [5.74, 6) is -5.91. The van der Waals surface area contributed by atoms with Gasteiger partial charge in [-0.25, -0.2) is 17.6 Å². The molecule has 2 aromatic carbocycles. The number of hydrogen-bond donors (Lipinski definition) is 1. The maximum atomic E-state index is 15.4. The molecule has 1 amide bonds. The highest BCUT2D eigenvalue weighted by Crippen LogP contribution is 2.43. The smallest absolute Gasteiger partial charge is 0.349 e. The van der Waals surface area contributed by atoms with E-state index in [1.807, 2.05) is 5.32 Å². The molecule has 0 aliphatic rings. The zero-order valence-corrected chi connectivity index (χ0v) is 23.4. The molecule has 1 N–H and O–H groups in total. The summed E-state index contributed by atoms with van der Waals surface area (Å²) in [6.45, 7) is 1.12. The Labute approximate surface area is 234 Å². The number of nitrogens with one attached hydrogen (secondary N) is 1. The molecule has 0 aliphatic heterocycles. The molecule has 216 valence electrons. The van der Waals surface area contributed by atoms with Gasteiger partial charge in [-0.15, -0.1) is 0 Å². The van der Waals surface area contributed by atoms with Crippen LogP contribution in [-0.2, 0) is 22.6 Å². The highest BCUT2D eigenvalue weighted by molar-refractivity contribution is 9.11. The molecule has 0 saturated heterocycles. The van der Waals surface area contributed by atoms with Gasteiger partial charge in [-0.3, -0.25) is 9.00 Å². The van der Waals surface area contributed by atoms with Crippen molar-refractivity contribution in [2.75, 3.05) is 11.5 Å². The number of allylic oxidation sites excluding steroid dienone is 1. The molecule has 0 radical (unpaired) electrons. The number of carbonyl (C=O) groups is 1. The van der Waals surface area contributed by atoms with Gasteiger partial charge in [-0.1, -0.05) is 37.9 Å². The second-order valence-corrected chi connectivity index (χ2v) is 11.5. The van der Waals surface area contributed by atoms with Crippen LogP contribution in [0.1, 0.15) is 34.0 Å². The van der Waals surface area contributed by atoms with Crippen molar-refractivity contribution in [3.05, 3.63) is 73.4 Å². The Kier molecular flexibility index (Phi) is 10.8. The summed E-state index contributed by atoms with van der Waals surface area (Å²) in [5, 5.41) is 2.00. The molecule has 39 heavy (non-hydrogen) atoms. The minimum absolute atomic E-state index is 0.105. The van der Waals surface area contributed by atoms with Crippen molar-refractivity contribution in [1.29, 1.82) is 0 Å². The fourth-order valence-electron chi connectivity index (χ4n) is 3.33. The SMILES string of the molecule is C[C@H](CS(=O)CC(F)(F)F)NC(=O)c1ccc(/C=C(\F)C(F)(c2cc(Br)cc(Br)c2)C(F)F)cc1C(F)(F)F. The molecule has 0 fully saturated rings. The van der Waals surface area contributed by atoms with Crippen LogP contribution in [0.25, 0.3) is 6.08 Å². The van der Waals surface area contributed by atoms with Crippen LogP contribution >= 0.6 is 31.9 Å². The normalized spacial score (nSPS) is 16.1. The molecule has 0 aromatic heterocycles. The fourth-order valence-corrected chi connectivity index (χ4v) is 5.75. The molecular weight excluding hydrogens is 704 g/mol. The lowest BCUT2D eigenvalue weighted by Gasteiger charge is -2.24. The van der Waals surface area contributed by atoms with Crippen LogP contribution in [0.5, 0.6) is 0 Å². The molecule has 3 atom stereocenters. The Morgan fingerprint density at radius 1 is 1.00 bits per heavy atom. The average Bonchev–Trinajstić information content (AvgIpc) is 2.75. The van der Waals surface area contributed by atoms with Crippen LogP contribution in [0.2, 0.25) is 0 Å². The molecule has 0 saturated carbocycles. The molecule has 0 heterocycles. The van der Waals surface area contributed by atoms with Gasteiger partial charge in [-0.2, -0.15) is 26.3 Å². The van der Waals surface area contributed by atoms with Crippen LogP contribution in [0.4, 0.5) is 43.9 Å². The quantitative estimate of drug-likeness (QED) is 0.266. The van der Waals surface area contributed by atoms with E-state index in [1.54, 1.807) is 0 Å². The minimum Gasteiger partial charge on any atom is -0.349 e. The Balaban J connectivity index is 2.43. The summed E-state index contributed by atoms with van der Waals surface area (Å²) < 4.78 is 148. The average molecular weight is 721 g/mol. The molecule has 3 nitrogen and oxygen atoms in total. The van der Waals surface area contributed by atoms with Crippen LogP contribution in [0, 0.1) is 0 Å². The Bertz CT molecular complexity index is 1250. The lowest BCUT2D eigenvalue weighted by atomic mass is 9.93. The first-order chi connectivity index (χ1) is 17.7. The maximum Gasteiger partial charge on any atom is 0.417 e. The number of carbonyl (C=O) groups excluding carboxylic acids is 1. The fraction of sp³-hybridized carbons (Fsp3) is 0.348. The van der Waals surface area contributed by atoms with E-state index in [1.165, 1.54) is 6.07 Å². The van der Waals surface area contributed by atoms with E-state index in [2.05, 4.69) is 31.9 Å². The van der Waals surface area contributed by atoms with E-state index >= 15 is 4.39 Å². The number of rotatable bonds is 9. The summed E-state index contributed by atoms with van der Waals surface area (Å²) >= 11 is 5.91. The van der Waals surface area contributed by atoms with Gasteiger partial charge < -0.3 is 5.32 Å². The van der Waals surface area contributed by atoms with Gasteiger partial charge in [0.1, 0.15) is 11.6 Å². The van der Waals surface area contributed by atoms with Gasteiger partial charge in [0, 0.05) is 37.1 Å². The third-order valence-electron chi connectivity index (χ3n) is 4.96. The van der Waals surface area contributed by atoms with E-state index < -0.39 is 86.8 Å². The molecular formula is C23H17Br2F10NO2S. The van der Waals surface area contributed by atoms with Crippen molar-refractivity contribution in [2.45, 2.75) is 37.4 Å². The second-order valence-electron chi connectivity index (χ2n) is 8.21. The standard InChI is InChI=1S/C23H17Br2F10NO2S/c1-11(9-39(38)10-21(29,30)31)36-19(37)16-3-2-12(4-17(16)23(33,34)35)5-18(26)22(32,20(27)28)13-6-14(24)8-15(25)7-13/h2-8,11,20H,9-10H2,1H3,(H,36,37)/b18-5-/t11-,22?,39?/m1/s1. The molecule has 0 bridgehead atoms. The zero-order chi connectivity index (χ0) is 29.9.